The topological polar surface area (TPSA) is 78.4 Å². The molecule has 0 aliphatic heterocycles. The highest BCUT2D eigenvalue weighted by molar-refractivity contribution is 8.13. The zero-order valence-electron chi connectivity index (χ0n) is 10.1. The van der Waals surface area contributed by atoms with Crippen LogP contribution in [0.3, 0.4) is 0 Å². The zero-order valence-corrected chi connectivity index (χ0v) is 11.6. The number of rotatable bonds is 5. The Balaban J connectivity index is 3.18. The van der Waals surface area contributed by atoms with Crippen LogP contribution in [0.4, 0.5) is 26.3 Å². The molecule has 0 spiro atoms. The highest BCUT2D eigenvalue weighted by Gasteiger charge is 2.34. The number of ether oxygens (including phenoxy) is 2. The quantitative estimate of drug-likeness (QED) is 0.581. The molecule has 1 aromatic heterocycles. The lowest BCUT2D eigenvalue weighted by atomic mass is 10.5. The van der Waals surface area contributed by atoms with Crippen molar-refractivity contribution in [3.05, 3.63) is 6.33 Å². The lowest BCUT2D eigenvalue weighted by molar-refractivity contribution is -0.155. The van der Waals surface area contributed by atoms with Crippen LogP contribution < -0.4 is 9.47 Å². The molecule has 14 heteroatoms. The first-order valence-electron chi connectivity index (χ1n) is 4.98. The first-order valence-corrected chi connectivity index (χ1v) is 7.29. The van der Waals surface area contributed by atoms with Crippen molar-refractivity contribution in [1.29, 1.82) is 0 Å². The van der Waals surface area contributed by atoms with Gasteiger partial charge in [-0.1, -0.05) is 0 Å². The molecule has 0 saturated heterocycles. The predicted octanol–water partition coefficient (Wildman–Crippen LogP) is 2.29. The van der Waals surface area contributed by atoms with Gasteiger partial charge in [-0.2, -0.15) is 26.3 Å². The number of nitrogens with zero attached hydrogens (tertiary/aromatic N) is 2. The fourth-order valence-corrected chi connectivity index (χ4v) is 2.09. The molecule has 0 unspecified atom stereocenters. The van der Waals surface area contributed by atoms with Crippen molar-refractivity contribution in [2.45, 2.75) is 17.2 Å². The number of halogens is 7. The molecule has 1 aromatic rings. The van der Waals surface area contributed by atoms with E-state index in [1.165, 1.54) is 0 Å². The maximum absolute atomic E-state index is 12.0. The number of alkyl halides is 6. The lowest BCUT2D eigenvalue weighted by Gasteiger charge is -2.14. The van der Waals surface area contributed by atoms with Crippen LogP contribution in [-0.2, 0) is 9.05 Å². The molecule has 0 aliphatic rings. The first kappa shape index (κ1) is 18.5. The molecule has 0 aromatic carbocycles. The monoisotopic (exact) mass is 374 g/mol. The van der Waals surface area contributed by atoms with Gasteiger partial charge in [0, 0.05) is 10.7 Å². The average molecular weight is 375 g/mol. The molecule has 0 saturated carbocycles. The summed E-state index contributed by atoms with van der Waals surface area (Å²) in [6, 6.07) is 0. The number of hydrogen-bond acceptors (Lipinski definition) is 6. The summed E-state index contributed by atoms with van der Waals surface area (Å²) < 4.78 is 103. The maximum atomic E-state index is 12.0. The van der Waals surface area contributed by atoms with Gasteiger partial charge in [0.15, 0.2) is 13.2 Å². The maximum Gasteiger partial charge on any atom is 0.422 e. The Hall–Kier alpha value is -1.50. The van der Waals surface area contributed by atoms with Crippen LogP contribution in [0.1, 0.15) is 0 Å². The third-order valence-corrected chi connectivity index (χ3v) is 3.03. The minimum atomic E-state index is -4.84. The molecule has 6 nitrogen and oxygen atoms in total. The molecule has 22 heavy (non-hydrogen) atoms. The Morgan fingerprint density at radius 1 is 0.955 bits per heavy atom. The van der Waals surface area contributed by atoms with Crippen molar-refractivity contribution in [3.8, 4) is 11.8 Å². The molecule has 0 fully saturated rings. The Labute approximate surface area is 123 Å². The summed E-state index contributed by atoms with van der Waals surface area (Å²) in [6.07, 6.45) is -9.22. The van der Waals surface area contributed by atoms with Gasteiger partial charge in [-0.25, -0.2) is 18.4 Å². The Kier molecular flexibility index (Phi) is 5.33. The fraction of sp³-hybridized carbons (Fsp3) is 0.500. The Bertz CT molecular complexity index is 596. The molecule has 0 atom stereocenters. The summed E-state index contributed by atoms with van der Waals surface area (Å²) in [5.41, 5.74) is 0. The van der Waals surface area contributed by atoms with E-state index in [0.29, 0.717) is 6.33 Å². The molecule has 0 radical (unpaired) electrons. The zero-order chi connectivity index (χ0) is 17.2. The van der Waals surface area contributed by atoms with Gasteiger partial charge in [-0.05, 0) is 0 Å². The lowest BCUT2D eigenvalue weighted by Crippen LogP contribution is -2.22. The van der Waals surface area contributed by atoms with Crippen molar-refractivity contribution < 1.29 is 44.2 Å². The third kappa shape index (κ3) is 6.09. The van der Waals surface area contributed by atoms with Crippen molar-refractivity contribution in [3.63, 3.8) is 0 Å². The number of hydrogen-bond donors (Lipinski definition) is 0. The molecule has 1 heterocycles. The molecule has 1 rings (SSSR count). The molecular formula is C8H5ClF6N2O4S. The van der Waals surface area contributed by atoms with E-state index in [2.05, 4.69) is 19.4 Å². The molecule has 0 aliphatic carbocycles. The molecule has 0 N–H and O–H groups in total. The minimum Gasteiger partial charge on any atom is -0.467 e. The van der Waals surface area contributed by atoms with E-state index in [1.807, 2.05) is 0 Å². The highest BCUT2D eigenvalue weighted by atomic mass is 35.7. The van der Waals surface area contributed by atoms with Crippen LogP contribution in [0.25, 0.3) is 0 Å². The summed E-state index contributed by atoms with van der Waals surface area (Å²) in [5, 5.41) is 0. The highest BCUT2D eigenvalue weighted by Crippen LogP contribution is 2.33. The van der Waals surface area contributed by atoms with Crippen LogP contribution in [0.15, 0.2) is 11.2 Å². The normalized spacial score (nSPS) is 13.0. The van der Waals surface area contributed by atoms with E-state index < -0.39 is 51.3 Å². The predicted molar refractivity (Wildman–Crippen MR) is 58.2 cm³/mol. The second-order valence-electron chi connectivity index (χ2n) is 3.56. The van der Waals surface area contributed by atoms with E-state index >= 15 is 0 Å². The van der Waals surface area contributed by atoms with E-state index in [0.717, 1.165) is 0 Å². The van der Waals surface area contributed by atoms with Gasteiger partial charge in [-0.15, -0.1) is 0 Å². The van der Waals surface area contributed by atoms with Gasteiger partial charge in [0.05, 0.1) is 0 Å². The van der Waals surface area contributed by atoms with Gasteiger partial charge in [0.2, 0.25) is 16.7 Å². The van der Waals surface area contributed by atoms with Crippen LogP contribution in [0.5, 0.6) is 11.8 Å². The summed E-state index contributed by atoms with van der Waals surface area (Å²) in [6.45, 7) is -3.88. The fourth-order valence-electron chi connectivity index (χ4n) is 1.06. The Morgan fingerprint density at radius 3 is 1.59 bits per heavy atom. The van der Waals surface area contributed by atoms with E-state index in [4.69, 9.17) is 10.7 Å². The third-order valence-electron chi connectivity index (χ3n) is 1.73. The van der Waals surface area contributed by atoms with Crippen LogP contribution in [0, 0.1) is 0 Å². The first-order chi connectivity index (χ1) is 9.80. The van der Waals surface area contributed by atoms with Crippen LogP contribution in [-0.4, -0.2) is 44.0 Å². The Morgan fingerprint density at radius 2 is 1.32 bits per heavy atom. The summed E-state index contributed by atoms with van der Waals surface area (Å²) in [4.78, 5) is 4.86. The summed E-state index contributed by atoms with van der Waals surface area (Å²) in [5.74, 6) is -2.36. The molecule has 0 amide bonds. The standard InChI is InChI=1S/C8H5ClF6N2O4S/c9-22(18,19)4-5(20-1-7(10,11)12)16-3-17-6(4)21-2-8(13,14)15/h3H,1-2H2. The van der Waals surface area contributed by atoms with E-state index in [1.54, 1.807) is 0 Å². The summed E-state index contributed by atoms with van der Waals surface area (Å²) in [7, 11) is 0.102. The van der Waals surface area contributed by atoms with Crippen LogP contribution in [0.2, 0.25) is 0 Å². The number of aromatic nitrogens is 2. The van der Waals surface area contributed by atoms with Crippen LogP contribution >= 0.6 is 10.7 Å². The van der Waals surface area contributed by atoms with Gasteiger partial charge >= 0.3 is 12.4 Å². The SMILES string of the molecule is O=S(=O)(Cl)c1c(OCC(F)(F)F)ncnc1OCC(F)(F)F. The smallest absolute Gasteiger partial charge is 0.422 e. The van der Waals surface area contributed by atoms with E-state index in [-0.39, 0.29) is 0 Å². The van der Waals surface area contributed by atoms with Gasteiger partial charge in [0.25, 0.3) is 9.05 Å². The van der Waals surface area contributed by atoms with Crippen molar-refractivity contribution in [1.82, 2.24) is 9.97 Å². The minimum absolute atomic E-state index is 0.461. The molecule has 126 valence electrons. The largest absolute Gasteiger partial charge is 0.467 e. The van der Waals surface area contributed by atoms with Crippen molar-refractivity contribution >= 4 is 19.7 Å². The molecular weight excluding hydrogens is 370 g/mol. The molecule has 0 bridgehead atoms. The van der Waals surface area contributed by atoms with Gasteiger partial charge in [-0.3, -0.25) is 0 Å². The van der Waals surface area contributed by atoms with Crippen molar-refractivity contribution in [2.75, 3.05) is 13.2 Å². The second-order valence-corrected chi connectivity index (χ2v) is 6.06. The van der Waals surface area contributed by atoms with Gasteiger partial charge < -0.3 is 9.47 Å². The van der Waals surface area contributed by atoms with Gasteiger partial charge in [0.1, 0.15) is 6.33 Å². The van der Waals surface area contributed by atoms with Crippen molar-refractivity contribution in [2.24, 2.45) is 0 Å². The summed E-state index contributed by atoms with van der Waals surface area (Å²) >= 11 is 0. The average Bonchev–Trinajstić information content (AvgIpc) is 2.30. The second kappa shape index (κ2) is 6.32. The van der Waals surface area contributed by atoms with E-state index in [9.17, 15) is 34.8 Å².